The molecule has 0 unspecified atom stereocenters. The minimum atomic E-state index is 0. The van der Waals surface area contributed by atoms with Crippen LogP contribution in [-0.4, -0.2) is 32.4 Å². The van der Waals surface area contributed by atoms with Gasteiger partial charge in [-0.2, -0.15) is 0 Å². The zero-order valence-corrected chi connectivity index (χ0v) is 12.4. The average molecular weight is 339 g/mol. The van der Waals surface area contributed by atoms with E-state index in [1.165, 1.54) is 0 Å². The molecule has 0 spiro atoms. The van der Waals surface area contributed by atoms with Gasteiger partial charge in [-0.05, 0) is 0 Å². The van der Waals surface area contributed by atoms with Crippen molar-refractivity contribution < 1.29 is 115 Å². The molecule has 2 nitrogen and oxygen atoms in total. The maximum atomic E-state index is 8.28. The molecule has 0 aromatic rings. The first-order valence-electron chi connectivity index (χ1n) is 0.577. The Morgan fingerprint density at radius 3 is 0.700 bits per heavy atom. The molecule has 0 aromatic carbocycles. The molecule has 0 amide bonds. The van der Waals surface area contributed by atoms with E-state index in [0.717, 1.165) is 0 Å². The molecule has 0 heterocycles. The molecule has 0 saturated heterocycles. The van der Waals surface area contributed by atoms with E-state index in [1.54, 1.807) is 0 Å². The van der Waals surface area contributed by atoms with Gasteiger partial charge < -0.3 is 2.85 Å². The van der Waals surface area contributed by atoms with E-state index < -0.39 is 0 Å². The van der Waals surface area contributed by atoms with Gasteiger partial charge in [0.15, 0.2) is 0 Å². The second-order valence-corrected chi connectivity index (χ2v) is 0. The Morgan fingerprint density at radius 2 is 0.700 bits per heavy atom. The molecule has 0 aliphatic rings. The average Bonchev–Trinajstić information content (AvgIpc) is 1.50. The van der Waals surface area contributed by atoms with Crippen LogP contribution in [0.5, 0.6) is 0 Å². The quantitative estimate of drug-likeness (QED) is 0.411. The summed E-state index contributed by atoms with van der Waals surface area (Å²) in [5.74, 6) is 0. The van der Waals surface area contributed by atoms with Crippen molar-refractivity contribution in [1.82, 2.24) is 0 Å². The minimum absolute atomic E-state index is 0. The molecular weight excluding hydrogens is 335 g/mol. The Bertz CT molecular complexity index is 33.0. The fraction of sp³-hybridized carbons (Fsp3) is 0. The second kappa shape index (κ2) is 121. The Balaban J connectivity index is -0.000000000500. The zero-order valence-electron chi connectivity index (χ0n) is 7.53. The Kier molecular flexibility index (Phi) is 810. The molecule has 10 heteroatoms. The number of rotatable bonds is 0. The van der Waals surface area contributed by atoms with Gasteiger partial charge in [-0.25, -0.2) is 0 Å². The molecular formula is H4Al2Co2Li2Ni2O2. The SMILES string of the molecule is [Co].[Co].[H-].[H-].[Li+].[Li+].[Ni].[Ni].[O]=[AlH].[O]=[AlH]. The van der Waals surface area contributed by atoms with Gasteiger partial charge in [0.2, 0.25) is 0 Å². The molecule has 0 aromatic heterocycles. The van der Waals surface area contributed by atoms with Gasteiger partial charge in [-0.15, -0.1) is 0 Å². The topological polar surface area (TPSA) is 34.1 Å². The van der Waals surface area contributed by atoms with Crippen LogP contribution in [0.25, 0.3) is 0 Å². The van der Waals surface area contributed by atoms with E-state index in [4.69, 9.17) is 7.61 Å². The van der Waals surface area contributed by atoms with Gasteiger partial charge in [0, 0.05) is 66.5 Å². The summed E-state index contributed by atoms with van der Waals surface area (Å²) in [5, 5.41) is 0. The first-order valence-corrected chi connectivity index (χ1v) is 1.73. The number of hydrogen-bond acceptors (Lipinski definition) is 2. The molecule has 10 heavy (non-hydrogen) atoms. The summed E-state index contributed by atoms with van der Waals surface area (Å²) in [6.07, 6.45) is 0. The molecule has 62 valence electrons. The molecule has 0 aliphatic heterocycles. The molecule has 0 rings (SSSR count). The van der Waals surface area contributed by atoms with Gasteiger partial charge >= 0.3 is 77.8 Å². The summed E-state index contributed by atoms with van der Waals surface area (Å²) >= 11 is 1.22. The summed E-state index contributed by atoms with van der Waals surface area (Å²) < 4.78 is 16.6. The van der Waals surface area contributed by atoms with E-state index in [0.29, 0.717) is 32.4 Å². The second-order valence-electron chi connectivity index (χ2n) is 0. The third kappa shape index (κ3) is 93.9. The predicted molar refractivity (Wildman–Crippen MR) is 17.9 cm³/mol. The van der Waals surface area contributed by atoms with Crippen molar-refractivity contribution in [3.63, 3.8) is 0 Å². The van der Waals surface area contributed by atoms with Gasteiger partial charge in [0.25, 0.3) is 0 Å². The van der Waals surface area contributed by atoms with E-state index in [2.05, 4.69) is 0 Å². The molecule has 0 N–H and O–H groups in total. The van der Waals surface area contributed by atoms with Gasteiger partial charge in [0.1, 0.15) is 0 Å². The van der Waals surface area contributed by atoms with Crippen LogP contribution in [0.3, 0.4) is 0 Å². The monoisotopic (exact) mass is 338 g/mol. The summed E-state index contributed by atoms with van der Waals surface area (Å²) in [5.41, 5.74) is 0. The van der Waals surface area contributed by atoms with Crippen LogP contribution in [0.15, 0.2) is 0 Å². The van der Waals surface area contributed by atoms with Gasteiger partial charge in [0.05, 0.1) is 0 Å². The Morgan fingerprint density at radius 1 is 0.700 bits per heavy atom. The van der Waals surface area contributed by atoms with Crippen molar-refractivity contribution in [1.29, 1.82) is 0 Å². The summed E-state index contributed by atoms with van der Waals surface area (Å²) in [6.45, 7) is 0. The first-order chi connectivity index (χ1) is 2.00. The van der Waals surface area contributed by atoms with Crippen LogP contribution in [0.2, 0.25) is 0 Å². The van der Waals surface area contributed by atoms with Gasteiger partial charge in [-0.1, -0.05) is 0 Å². The van der Waals surface area contributed by atoms with Crippen molar-refractivity contribution in [3.05, 3.63) is 0 Å². The number of hydrogen-bond donors (Lipinski definition) is 0. The molecule has 0 fully saturated rings. The fourth-order valence-corrected chi connectivity index (χ4v) is 0. The molecule has 0 bridgehead atoms. The summed E-state index contributed by atoms with van der Waals surface area (Å²) in [6, 6.07) is 0. The van der Waals surface area contributed by atoms with Crippen LogP contribution in [0.1, 0.15) is 2.85 Å². The summed E-state index contributed by atoms with van der Waals surface area (Å²) in [4.78, 5) is 0. The van der Waals surface area contributed by atoms with Crippen molar-refractivity contribution in [2.75, 3.05) is 0 Å². The van der Waals surface area contributed by atoms with Crippen LogP contribution in [-0.2, 0) is 74.1 Å². The predicted octanol–water partition coefficient (Wildman–Crippen LogP) is -7.31. The van der Waals surface area contributed by atoms with E-state index in [-0.39, 0.29) is 107 Å². The molecule has 0 aliphatic carbocycles. The molecule has 0 atom stereocenters. The van der Waals surface area contributed by atoms with Crippen molar-refractivity contribution in [2.24, 2.45) is 0 Å². The van der Waals surface area contributed by atoms with Crippen LogP contribution >= 0.6 is 0 Å². The van der Waals surface area contributed by atoms with Crippen LogP contribution < -0.4 is 37.7 Å². The van der Waals surface area contributed by atoms with E-state index in [9.17, 15) is 0 Å². The van der Waals surface area contributed by atoms with Crippen LogP contribution in [0, 0.1) is 0 Å². The van der Waals surface area contributed by atoms with Crippen LogP contribution in [0.4, 0.5) is 0 Å². The third-order valence-corrected chi connectivity index (χ3v) is 0. The van der Waals surface area contributed by atoms with Crippen molar-refractivity contribution in [2.45, 2.75) is 0 Å². The fourth-order valence-electron chi connectivity index (χ4n) is 0. The molecule has 0 saturated carbocycles. The van der Waals surface area contributed by atoms with E-state index >= 15 is 0 Å². The zero-order chi connectivity index (χ0) is 4.00. The normalized spacial score (nSPS) is 0.600. The Labute approximate surface area is 145 Å². The maximum absolute atomic E-state index is 8.28. The van der Waals surface area contributed by atoms with Crippen molar-refractivity contribution >= 4 is 32.4 Å². The first kappa shape index (κ1) is 66.8. The summed E-state index contributed by atoms with van der Waals surface area (Å²) in [7, 11) is 0. The Hall–Kier alpha value is 3.86. The van der Waals surface area contributed by atoms with Gasteiger partial charge in [-0.3, -0.25) is 0 Å². The third-order valence-electron chi connectivity index (χ3n) is 0. The standard InChI is InChI=1S/2Al.2Co.2Li.2Ni.2O.4H/q;;;;2*+1;;;;;;;2*-1. The molecule has 2 radical (unpaired) electrons. The van der Waals surface area contributed by atoms with Crippen molar-refractivity contribution in [3.8, 4) is 0 Å². The van der Waals surface area contributed by atoms with E-state index in [1.807, 2.05) is 0 Å².